The topological polar surface area (TPSA) is 101 Å². The zero-order valence-corrected chi connectivity index (χ0v) is 32.6. The molecule has 11 heteroatoms. The van der Waals surface area contributed by atoms with Gasteiger partial charge < -0.3 is 24.5 Å². The SMILES string of the molecule is CC(C)N(CCCCOC(c1ccccc1)(c1ccccc1)c1ccccc1)CCn1c(C(C2=COCO2)c2ccccc2I)nc2c(N)nc(F)nc21. The number of anilines is 1. The molecule has 1 aliphatic rings. The van der Waals surface area contributed by atoms with Gasteiger partial charge >= 0.3 is 6.08 Å². The number of nitrogen functional groups attached to an aromatic ring is 1. The monoisotopic (exact) mass is 838 g/mol. The van der Waals surface area contributed by atoms with Gasteiger partial charge in [0.2, 0.25) is 6.79 Å². The molecule has 0 spiro atoms. The number of fused-ring (bicyclic) bond motifs is 1. The Morgan fingerprint density at radius 3 is 2.02 bits per heavy atom. The number of imidazole rings is 1. The molecule has 9 nitrogen and oxygen atoms in total. The number of nitrogens with two attached hydrogens (primary N) is 1. The van der Waals surface area contributed by atoms with E-state index in [1.54, 1.807) is 6.26 Å². The molecular weight excluding hydrogens is 794 g/mol. The number of rotatable bonds is 16. The number of halogens is 2. The van der Waals surface area contributed by atoms with Crippen LogP contribution < -0.4 is 5.73 Å². The third-order valence-corrected chi connectivity index (χ3v) is 10.9. The summed E-state index contributed by atoms with van der Waals surface area (Å²) in [5.74, 6) is 0.811. The zero-order chi connectivity index (χ0) is 37.5. The molecule has 6 aromatic rings. The number of allylic oxidation sites excluding steroid dienone is 1. The van der Waals surface area contributed by atoms with Gasteiger partial charge in [-0.1, -0.05) is 109 Å². The highest BCUT2D eigenvalue weighted by molar-refractivity contribution is 14.1. The maximum atomic E-state index is 14.7. The summed E-state index contributed by atoms with van der Waals surface area (Å²) in [6.45, 7) is 7.05. The van der Waals surface area contributed by atoms with Gasteiger partial charge in [0.25, 0.3) is 0 Å². The minimum atomic E-state index is -0.892. The van der Waals surface area contributed by atoms with Crippen LogP contribution in [0.2, 0.25) is 0 Å². The molecule has 0 saturated heterocycles. The lowest BCUT2D eigenvalue weighted by atomic mass is 9.80. The van der Waals surface area contributed by atoms with E-state index in [2.05, 4.69) is 124 Å². The Balaban J connectivity index is 1.12. The van der Waals surface area contributed by atoms with Gasteiger partial charge in [0.1, 0.15) is 29.4 Å². The number of benzene rings is 4. The van der Waals surface area contributed by atoms with Crippen LogP contribution in [0.3, 0.4) is 0 Å². The second-order valence-electron chi connectivity index (χ2n) is 13.5. The van der Waals surface area contributed by atoms with E-state index in [-0.39, 0.29) is 18.7 Å². The molecule has 2 N–H and O–H groups in total. The fraction of sp³-hybridized carbons (Fsp3) is 0.279. The number of hydrogen-bond donors (Lipinski definition) is 1. The first-order chi connectivity index (χ1) is 26.4. The molecule has 278 valence electrons. The Morgan fingerprint density at radius 2 is 1.44 bits per heavy atom. The van der Waals surface area contributed by atoms with Gasteiger partial charge in [-0.15, -0.1) is 0 Å². The quantitative estimate of drug-likeness (QED) is 0.0448. The first-order valence-electron chi connectivity index (χ1n) is 18.3. The smallest absolute Gasteiger partial charge is 0.312 e. The Bertz CT molecular complexity index is 2090. The van der Waals surface area contributed by atoms with Crippen LogP contribution in [0.4, 0.5) is 10.2 Å². The highest BCUT2D eigenvalue weighted by atomic mass is 127. The molecule has 1 unspecified atom stereocenters. The van der Waals surface area contributed by atoms with Crippen molar-refractivity contribution in [1.82, 2.24) is 24.4 Å². The average molecular weight is 839 g/mol. The van der Waals surface area contributed by atoms with Crippen molar-refractivity contribution in [2.24, 2.45) is 0 Å². The lowest BCUT2D eigenvalue weighted by Gasteiger charge is -2.36. The third-order valence-electron chi connectivity index (χ3n) is 9.92. The summed E-state index contributed by atoms with van der Waals surface area (Å²) >= 11 is 2.32. The van der Waals surface area contributed by atoms with E-state index in [1.165, 1.54) is 0 Å². The van der Waals surface area contributed by atoms with Crippen molar-refractivity contribution in [1.29, 1.82) is 0 Å². The van der Waals surface area contributed by atoms with Gasteiger partial charge in [0, 0.05) is 29.3 Å². The van der Waals surface area contributed by atoms with Crippen LogP contribution in [-0.2, 0) is 26.4 Å². The molecule has 0 bridgehead atoms. The zero-order valence-electron chi connectivity index (χ0n) is 30.4. The second kappa shape index (κ2) is 17.1. The van der Waals surface area contributed by atoms with E-state index in [1.807, 2.05) is 47.0 Å². The Kier molecular flexibility index (Phi) is 11.9. The molecule has 2 aromatic heterocycles. The largest absolute Gasteiger partial charge is 0.462 e. The Hall–Kier alpha value is -4.85. The molecule has 1 aliphatic heterocycles. The Labute approximate surface area is 329 Å². The highest BCUT2D eigenvalue weighted by Gasteiger charge is 2.37. The summed E-state index contributed by atoms with van der Waals surface area (Å²) in [6.07, 6.45) is 2.50. The van der Waals surface area contributed by atoms with Gasteiger partial charge in [-0.3, -0.25) is 4.90 Å². The van der Waals surface area contributed by atoms with Crippen molar-refractivity contribution < 1.29 is 18.6 Å². The first kappa shape index (κ1) is 37.5. The van der Waals surface area contributed by atoms with Crippen LogP contribution in [0.25, 0.3) is 11.2 Å². The molecule has 0 aliphatic carbocycles. The summed E-state index contributed by atoms with van der Waals surface area (Å²) in [4.78, 5) is 15.4. The highest BCUT2D eigenvalue weighted by Crippen LogP contribution is 2.41. The predicted molar refractivity (Wildman–Crippen MR) is 217 cm³/mol. The molecule has 4 aromatic carbocycles. The molecule has 1 atom stereocenters. The molecule has 0 amide bonds. The summed E-state index contributed by atoms with van der Waals surface area (Å²) in [5, 5.41) is 0. The standard InChI is InChI=1S/C43H44FIN6O3/c1-30(2)50(24-14-15-27-54-43(31-16-6-3-7-17-31,32-18-8-4-9-19-32)33-20-10-5-11-21-33)25-26-51-40(47-38-39(46)48-42(44)49-41(38)51)37(36-28-52-29-53-36)34-22-12-13-23-35(34)45/h3-13,16-23,28,30,37H,14-15,24-27,29H2,1-2H3,(H2,46,48,49). The second-order valence-corrected chi connectivity index (χ2v) is 14.7. The number of aromatic nitrogens is 4. The molecule has 0 saturated carbocycles. The van der Waals surface area contributed by atoms with Crippen LogP contribution in [0, 0.1) is 9.65 Å². The van der Waals surface area contributed by atoms with Gasteiger partial charge in [0.05, 0.1) is 0 Å². The summed E-state index contributed by atoms with van der Waals surface area (Å²) in [5.41, 5.74) is 10.4. The van der Waals surface area contributed by atoms with Gasteiger partial charge in [-0.2, -0.15) is 14.4 Å². The maximum absolute atomic E-state index is 14.7. The Morgan fingerprint density at radius 1 is 0.833 bits per heavy atom. The van der Waals surface area contributed by atoms with E-state index >= 15 is 0 Å². The first-order valence-corrected chi connectivity index (χ1v) is 19.4. The molecule has 0 fully saturated rings. The van der Waals surface area contributed by atoms with Crippen LogP contribution in [-0.4, -0.2) is 57.0 Å². The number of unbranched alkanes of at least 4 members (excludes halogenated alkanes) is 1. The van der Waals surface area contributed by atoms with Crippen molar-refractivity contribution in [2.45, 2.75) is 50.8 Å². The molecular formula is C43H44FIN6O3. The number of ether oxygens (including phenoxy) is 3. The van der Waals surface area contributed by atoms with Crippen molar-refractivity contribution in [2.75, 3.05) is 32.2 Å². The van der Waals surface area contributed by atoms with Crippen LogP contribution in [0.5, 0.6) is 0 Å². The summed E-state index contributed by atoms with van der Waals surface area (Å²) in [7, 11) is 0. The lowest BCUT2D eigenvalue weighted by Crippen LogP contribution is -2.36. The van der Waals surface area contributed by atoms with E-state index in [0.717, 1.165) is 45.2 Å². The van der Waals surface area contributed by atoms with Crippen LogP contribution in [0.15, 0.2) is 127 Å². The van der Waals surface area contributed by atoms with E-state index in [0.29, 0.717) is 42.4 Å². The van der Waals surface area contributed by atoms with Crippen molar-refractivity contribution in [3.63, 3.8) is 0 Å². The maximum Gasteiger partial charge on any atom is 0.312 e. The fourth-order valence-corrected chi connectivity index (χ4v) is 7.95. The number of nitrogens with zero attached hydrogens (tertiary/aromatic N) is 5. The lowest BCUT2D eigenvalue weighted by molar-refractivity contribution is 0.00961. The van der Waals surface area contributed by atoms with E-state index < -0.39 is 17.6 Å². The number of hydrogen-bond acceptors (Lipinski definition) is 8. The van der Waals surface area contributed by atoms with Crippen molar-refractivity contribution in [3.05, 3.63) is 165 Å². The minimum Gasteiger partial charge on any atom is -0.462 e. The summed E-state index contributed by atoms with van der Waals surface area (Å²) in [6, 6.07) is 39.7. The average Bonchev–Trinajstić information content (AvgIpc) is 3.85. The fourth-order valence-electron chi connectivity index (χ4n) is 7.25. The normalized spacial score (nSPS) is 13.6. The van der Waals surface area contributed by atoms with Crippen LogP contribution >= 0.6 is 22.6 Å². The van der Waals surface area contributed by atoms with Crippen molar-refractivity contribution >= 4 is 39.6 Å². The van der Waals surface area contributed by atoms with E-state index in [4.69, 9.17) is 24.9 Å². The minimum absolute atomic E-state index is 0.00474. The molecule has 3 heterocycles. The summed E-state index contributed by atoms with van der Waals surface area (Å²) < 4.78 is 36.2. The molecule has 0 radical (unpaired) electrons. The molecule has 54 heavy (non-hydrogen) atoms. The van der Waals surface area contributed by atoms with Gasteiger partial charge in [-0.25, -0.2) is 4.98 Å². The van der Waals surface area contributed by atoms with Gasteiger partial charge in [0.15, 0.2) is 17.0 Å². The van der Waals surface area contributed by atoms with Gasteiger partial charge in [-0.05, 0) is 84.1 Å². The predicted octanol–water partition coefficient (Wildman–Crippen LogP) is 8.63. The van der Waals surface area contributed by atoms with E-state index in [9.17, 15) is 4.39 Å². The van der Waals surface area contributed by atoms with Crippen molar-refractivity contribution in [3.8, 4) is 0 Å². The third kappa shape index (κ3) is 7.84. The molecule has 7 rings (SSSR count). The van der Waals surface area contributed by atoms with Crippen LogP contribution in [0.1, 0.15) is 60.7 Å².